The highest BCUT2D eigenvalue weighted by molar-refractivity contribution is 5.46. The van der Waals surface area contributed by atoms with Gasteiger partial charge in [-0.2, -0.15) is 0 Å². The van der Waals surface area contributed by atoms with E-state index in [4.69, 9.17) is 0 Å². The lowest BCUT2D eigenvalue weighted by molar-refractivity contribution is 0.580. The summed E-state index contributed by atoms with van der Waals surface area (Å²) in [6.07, 6.45) is 2.07. The molecule has 1 nitrogen and oxygen atoms in total. The third-order valence-corrected chi connectivity index (χ3v) is 2.17. The zero-order valence-electron chi connectivity index (χ0n) is 8.56. The minimum atomic E-state index is -0.532. The summed E-state index contributed by atoms with van der Waals surface area (Å²) in [4.78, 5) is 1.80. The van der Waals surface area contributed by atoms with Crippen LogP contribution in [-0.4, -0.2) is 13.6 Å². The van der Waals surface area contributed by atoms with Crippen LogP contribution in [0, 0.1) is 11.6 Å². The van der Waals surface area contributed by atoms with Gasteiger partial charge in [-0.25, -0.2) is 8.78 Å². The number of anilines is 1. The summed E-state index contributed by atoms with van der Waals surface area (Å²) in [5.74, 6) is -1.03. The second-order valence-corrected chi connectivity index (χ2v) is 3.37. The van der Waals surface area contributed by atoms with Crippen molar-refractivity contribution in [3.8, 4) is 0 Å². The van der Waals surface area contributed by atoms with Crippen LogP contribution in [0.4, 0.5) is 14.5 Å². The highest BCUT2D eigenvalue weighted by Crippen LogP contribution is 2.18. The Kier molecular flexibility index (Phi) is 3.86. The summed E-state index contributed by atoms with van der Waals surface area (Å²) in [6.45, 7) is 2.87. The molecule has 0 aliphatic carbocycles. The van der Waals surface area contributed by atoms with Gasteiger partial charge in [-0.3, -0.25) is 0 Å². The number of hydrogen-bond acceptors (Lipinski definition) is 1. The van der Waals surface area contributed by atoms with E-state index in [1.54, 1.807) is 4.90 Å². The molecule has 0 saturated carbocycles. The third-order valence-electron chi connectivity index (χ3n) is 2.17. The molecule has 0 bridgehead atoms. The fraction of sp³-hybridized carbons (Fsp3) is 0.455. The van der Waals surface area contributed by atoms with Gasteiger partial charge in [0.05, 0.1) is 5.69 Å². The summed E-state index contributed by atoms with van der Waals surface area (Å²) >= 11 is 0. The predicted molar refractivity (Wildman–Crippen MR) is 54.5 cm³/mol. The first-order chi connectivity index (χ1) is 6.65. The quantitative estimate of drug-likeness (QED) is 0.719. The van der Waals surface area contributed by atoms with E-state index in [0.717, 1.165) is 25.5 Å². The van der Waals surface area contributed by atoms with E-state index >= 15 is 0 Å². The molecule has 0 fully saturated rings. The van der Waals surface area contributed by atoms with Crippen LogP contribution in [0.1, 0.15) is 19.8 Å². The zero-order valence-corrected chi connectivity index (χ0v) is 8.56. The first-order valence-electron chi connectivity index (χ1n) is 4.81. The van der Waals surface area contributed by atoms with Crippen molar-refractivity contribution in [3.05, 3.63) is 29.8 Å². The summed E-state index contributed by atoms with van der Waals surface area (Å²) < 4.78 is 25.9. The topological polar surface area (TPSA) is 3.24 Å². The summed E-state index contributed by atoms with van der Waals surface area (Å²) in [7, 11) is 1.81. The molecule has 3 heteroatoms. The molecule has 0 amide bonds. The monoisotopic (exact) mass is 199 g/mol. The van der Waals surface area contributed by atoms with Crippen LogP contribution >= 0.6 is 0 Å². The molecule has 0 atom stereocenters. The van der Waals surface area contributed by atoms with Gasteiger partial charge in [0.25, 0.3) is 0 Å². The molecule has 78 valence electrons. The van der Waals surface area contributed by atoms with Crippen molar-refractivity contribution in [2.24, 2.45) is 0 Å². The average molecular weight is 199 g/mol. The molecule has 0 radical (unpaired) electrons. The summed E-state index contributed by atoms with van der Waals surface area (Å²) in [5.41, 5.74) is 0.458. The van der Waals surface area contributed by atoms with Crippen LogP contribution in [-0.2, 0) is 0 Å². The Morgan fingerprint density at radius 3 is 2.57 bits per heavy atom. The van der Waals surface area contributed by atoms with Gasteiger partial charge in [0.1, 0.15) is 11.6 Å². The molecular formula is C11H15F2N. The smallest absolute Gasteiger partial charge is 0.149 e. The average Bonchev–Trinajstić information content (AvgIpc) is 2.14. The van der Waals surface area contributed by atoms with E-state index in [1.165, 1.54) is 12.1 Å². The molecular weight excluding hydrogens is 184 g/mol. The van der Waals surface area contributed by atoms with Crippen molar-refractivity contribution in [3.63, 3.8) is 0 Å². The molecule has 0 N–H and O–H groups in total. The van der Waals surface area contributed by atoms with Gasteiger partial charge < -0.3 is 4.90 Å². The Bertz CT molecular complexity index is 299. The number of halogens is 2. The van der Waals surface area contributed by atoms with E-state index in [-0.39, 0.29) is 0 Å². The second kappa shape index (κ2) is 4.94. The van der Waals surface area contributed by atoms with E-state index in [1.807, 2.05) is 7.05 Å². The lowest BCUT2D eigenvalue weighted by Gasteiger charge is -2.19. The minimum Gasteiger partial charge on any atom is -0.372 e. The van der Waals surface area contributed by atoms with Crippen LogP contribution in [0.3, 0.4) is 0 Å². The first-order valence-corrected chi connectivity index (χ1v) is 4.81. The fourth-order valence-electron chi connectivity index (χ4n) is 1.31. The molecule has 0 spiro atoms. The maximum absolute atomic E-state index is 13.2. The highest BCUT2D eigenvalue weighted by atomic mass is 19.1. The Balaban J connectivity index is 2.74. The fourth-order valence-corrected chi connectivity index (χ4v) is 1.31. The van der Waals surface area contributed by atoms with Gasteiger partial charge in [0, 0.05) is 19.7 Å². The van der Waals surface area contributed by atoms with Gasteiger partial charge in [0.15, 0.2) is 0 Å². The van der Waals surface area contributed by atoms with Crippen LogP contribution < -0.4 is 4.90 Å². The molecule has 14 heavy (non-hydrogen) atoms. The maximum Gasteiger partial charge on any atom is 0.149 e. The standard InChI is InChI=1S/C11H15F2N/c1-3-4-7-14(2)11-6-5-9(12)8-10(11)13/h5-6,8H,3-4,7H2,1-2H3. The minimum absolute atomic E-state index is 0.458. The van der Waals surface area contributed by atoms with Gasteiger partial charge in [0.2, 0.25) is 0 Å². The van der Waals surface area contributed by atoms with Crippen LogP contribution in [0.15, 0.2) is 18.2 Å². The van der Waals surface area contributed by atoms with Gasteiger partial charge in [-0.05, 0) is 18.6 Å². The number of rotatable bonds is 4. The van der Waals surface area contributed by atoms with E-state index < -0.39 is 11.6 Å². The molecule has 1 aromatic rings. The van der Waals surface area contributed by atoms with Crippen molar-refractivity contribution in [1.29, 1.82) is 0 Å². The highest BCUT2D eigenvalue weighted by Gasteiger charge is 2.07. The lowest BCUT2D eigenvalue weighted by atomic mass is 10.2. The number of unbranched alkanes of at least 4 members (excludes halogenated alkanes) is 1. The molecule has 0 aliphatic heterocycles. The van der Waals surface area contributed by atoms with Crippen molar-refractivity contribution in [2.45, 2.75) is 19.8 Å². The van der Waals surface area contributed by atoms with Crippen LogP contribution in [0.25, 0.3) is 0 Å². The Morgan fingerprint density at radius 1 is 1.29 bits per heavy atom. The third kappa shape index (κ3) is 2.69. The normalized spacial score (nSPS) is 10.3. The zero-order chi connectivity index (χ0) is 10.6. The Labute approximate surface area is 83.3 Å². The predicted octanol–water partition coefficient (Wildman–Crippen LogP) is 3.20. The number of benzene rings is 1. The van der Waals surface area contributed by atoms with Crippen molar-refractivity contribution < 1.29 is 8.78 Å². The molecule has 1 aromatic carbocycles. The molecule has 0 aromatic heterocycles. The van der Waals surface area contributed by atoms with Gasteiger partial charge in [-0.15, -0.1) is 0 Å². The van der Waals surface area contributed by atoms with Crippen molar-refractivity contribution >= 4 is 5.69 Å². The van der Waals surface area contributed by atoms with Crippen LogP contribution in [0.2, 0.25) is 0 Å². The molecule has 1 rings (SSSR count). The molecule has 0 heterocycles. The van der Waals surface area contributed by atoms with Crippen LogP contribution in [0.5, 0.6) is 0 Å². The molecule has 0 unspecified atom stereocenters. The molecule has 0 aliphatic rings. The lowest BCUT2D eigenvalue weighted by Crippen LogP contribution is -2.19. The second-order valence-electron chi connectivity index (χ2n) is 3.37. The maximum atomic E-state index is 13.2. The number of nitrogens with zero attached hydrogens (tertiary/aromatic N) is 1. The largest absolute Gasteiger partial charge is 0.372 e. The Morgan fingerprint density at radius 2 is 2.00 bits per heavy atom. The van der Waals surface area contributed by atoms with Gasteiger partial charge in [-0.1, -0.05) is 13.3 Å². The van der Waals surface area contributed by atoms with Crippen molar-refractivity contribution in [2.75, 3.05) is 18.5 Å². The first kappa shape index (κ1) is 11.0. The molecule has 0 saturated heterocycles. The van der Waals surface area contributed by atoms with E-state index in [0.29, 0.717) is 5.69 Å². The summed E-state index contributed by atoms with van der Waals surface area (Å²) in [5, 5.41) is 0. The van der Waals surface area contributed by atoms with E-state index in [9.17, 15) is 8.78 Å². The SMILES string of the molecule is CCCCN(C)c1ccc(F)cc1F. The Hall–Kier alpha value is -1.12. The summed E-state index contributed by atoms with van der Waals surface area (Å²) in [6, 6.07) is 3.67. The van der Waals surface area contributed by atoms with Crippen molar-refractivity contribution in [1.82, 2.24) is 0 Å². The number of hydrogen-bond donors (Lipinski definition) is 0. The van der Waals surface area contributed by atoms with E-state index in [2.05, 4.69) is 6.92 Å². The van der Waals surface area contributed by atoms with Gasteiger partial charge >= 0.3 is 0 Å².